The first-order valence-corrected chi connectivity index (χ1v) is 11.3. The molecular formula is C25H26ClF3N2O2. The lowest BCUT2D eigenvalue weighted by atomic mass is 9.99. The Labute approximate surface area is 196 Å². The van der Waals surface area contributed by atoms with Crippen LogP contribution in [-0.2, 0) is 17.5 Å². The van der Waals surface area contributed by atoms with E-state index >= 15 is 0 Å². The number of halogens is 4. The van der Waals surface area contributed by atoms with Crippen LogP contribution in [0.5, 0.6) is 0 Å². The van der Waals surface area contributed by atoms with Gasteiger partial charge in [0.15, 0.2) is 5.22 Å². The Morgan fingerprint density at radius 1 is 0.879 bits per heavy atom. The van der Waals surface area contributed by atoms with E-state index in [9.17, 15) is 13.2 Å². The fourth-order valence-electron chi connectivity index (χ4n) is 4.02. The summed E-state index contributed by atoms with van der Waals surface area (Å²) in [6, 6.07) is 18.4. The standard InChI is InChI=1S/C25H26ClF3N2O2/c26-23-10-9-22(33-23)18-31-13-11-30(12-14-31)15-16-32-24(19-5-2-1-3-6-19)20-7-4-8-21(17-20)25(27,28)29/h1-10,17,24H,11-16,18H2. The van der Waals surface area contributed by atoms with E-state index in [0.29, 0.717) is 23.9 Å². The van der Waals surface area contributed by atoms with Crippen LogP contribution in [0.2, 0.25) is 5.22 Å². The topological polar surface area (TPSA) is 28.9 Å². The summed E-state index contributed by atoms with van der Waals surface area (Å²) in [5.41, 5.74) is 0.662. The molecule has 1 aliphatic rings. The molecule has 1 fully saturated rings. The lowest BCUT2D eigenvalue weighted by molar-refractivity contribution is -0.137. The van der Waals surface area contributed by atoms with Gasteiger partial charge in [0.25, 0.3) is 0 Å². The Morgan fingerprint density at radius 2 is 1.58 bits per heavy atom. The van der Waals surface area contributed by atoms with Gasteiger partial charge in [-0.15, -0.1) is 0 Å². The van der Waals surface area contributed by atoms with Crippen molar-refractivity contribution in [2.24, 2.45) is 0 Å². The van der Waals surface area contributed by atoms with Crippen LogP contribution in [0.1, 0.15) is 28.6 Å². The average Bonchev–Trinajstić information content (AvgIpc) is 3.22. The summed E-state index contributed by atoms with van der Waals surface area (Å²) in [6.07, 6.45) is -4.95. The van der Waals surface area contributed by atoms with Gasteiger partial charge in [-0.25, -0.2) is 0 Å². The maximum Gasteiger partial charge on any atom is 0.416 e. The molecule has 33 heavy (non-hydrogen) atoms. The summed E-state index contributed by atoms with van der Waals surface area (Å²) < 4.78 is 51.3. The van der Waals surface area contributed by atoms with Crippen molar-refractivity contribution in [2.45, 2.75) is 18.8 Å². The summed E-state index contributed by atoms with van der Waals surface area (Å²) in [4.78, 5) is 4.61. The van der Waals surface area contributed by atoms with Gasteiger partial charge >= 0.3 is 6.18 Å². The lowest BCUT2D eigenvalue weighted by Crippen LogP contribution is -2.46. The number of hydrogen-bond acceptors (Lipinski definition) is 4. The highest BCUT2D eigenvalue weighted by Crippen LogP contribution is 2.33. The second kappa shape index (κ2) is 10.7. The third-order valence-electron chi connectivity index (χ3n) is 5.78. The van der Waals surface area contributed by atoms with E-state index in [1.54, 1.807) is 12.1 Å². The zero-order valence-corrected chi connectivity index (χ0v) is 18.9. The molecule has 0 bridgehead atoms. The van der Waals surface area contributed by atoms with Crippen molar-refractivity contribution in [2.75, 3.05) is 39.3 Å². The maximum absolute atomic E-state index is 13.2. The molecule has 3 aromatic rings. The van der Waals surface area contributed by atoms with Crippen molar-refractivity contribution in [1.82, 2.24) is 9.80 Å². The molecule has 0 aliphatic carbocycles. The van der Waals surface area contributed by atoms with E-state index in [4.69, 9.17) is 20.8 Å². The molecule has 4 rings (SSSR count). The average molecular weight is 479 g/mol. The summed E-state index contributed by atoms with van der Waals surface area (Å²) in [6.45, 7) is 5.42. The van der Waals surface area contributed by atoms with Crippen LogP contribution in [0.15, 0.2) is 71.1 Å². The molecule has 176 valence electrons. The number of alkyl halides is 3. The normalized spacial score (nSPS) is 16.7. The summed E-state index contributed by atoms with van der Waals surface area (Å²) in [7, 11) is 0. The molecule has 1 atom stereocenters. The van der Waals surface area contributed by atoms with Crippen LogP contribution in [0.4, 0.5) is 13.2 Å². The lowest BCUT2D eigenvalue weighted by Gasteiger charge is -2.34. The minimum atomic E-state index is -4.39. The highest BCUT2D eigenvalue weighted by atomic mass is 35.5. The Kier molecular flexibility index (Phi) is 7.75. The Hall–Kier alpha value is -2.32. The molecule has 0 N–H and O–H groups in total. The van der Waals surface area contributed by atoms with Crippen molar-refractivity contribution in [1.29, 1.82) is 0 Å². The predicted molar refractivity (Wildman–Crippen MR) is 121 cm³/mol. The minimum Gasteiger partial charge on any atom is -0.448 e. The first-order chi connectivity index (χ1) is 15.9. The molecule has 1 aliphatic heterocycles. The van der Waals surface area contributed by atoms with E-state index in [-0.39, 0.29) is 0 Å². The van der Waals surface area contributed by atoms with Crippen molar-refractivity contribution in [3.05, 3.63) is 94.4 Å². The number of piperazine rings is 1. The molecule has 1 unspecified atom stereocenters. The summed E-state index contributed by atoms with van der Waals surface area (Å²) in [5, 5.41) is 0.398. The predicted octanol–water partition coefficient (Wildman–Crippen LogP) is 5.88. The molecule has 8 heteroatoms. The van der Waals surface area contributed by atoms with Crippen molar-refractivity contribution >= 4 is 11.6 Å². The smallest absolute Gasteiger partial charge is 0.416 e. The number of nitrogens with zero attached hydrogens (tertiary/aromatic N) is 2. The van der Waals surface area contributed by atoms with Crippen LogP contribution in [0, 0.1) is 0 Å². The van der Waals surface area contributed by atoms with Crippen LogP contribution >= 0.6 is 11.6 Å². The van der Waals surface area contributed by atoms with Crippen LogP contribution in [0.25, 0.3) is 0 Å². The van der Waals surface area contributed by atoms with Gasteiger partial charge in [0, 0.05) is 32.7 Å². The SMILES string of the molecule is FC(F)(F)c1cccc(C(OCCN2CCN(Cc3ccc(Cl)o3)CC2)c2ccccc2)c1. The molecular weight excluding hydrogens is 453 g/mol. The number of ether oxygens (including phenoxy) is 1. The molecule has 1 saturated heterocycles. The van der Waals surface area contributed by atoms with Crippen molar-refractivity contribution in [3.8, 4) is 0 Å². The van der Waals surface area contributed by atoms with Crippen molar-refractivity contribution < 1.29 is 22.3 Å². The Balaban J connectivity index is 1.34. The van der Waals surface area contributed by atoms with Gasteiger partial charge in [0.2, 0.25) is 0 Å². The number of rotatable bonds is 8. The van der Waals surface area contributed by atoms with Gasteiger partial charge in [0.1, 0.15) is 11.9 Å². The van der Waals surface area contributed by atoms with Gasteiger partial charge in [-0.2, -0.15) is 13.2 Å². The van der Waals surface area contributed by atoms with E-state index < -0.39 is 17.8 Å². The number of benzene rings is 2. The molecule has 0 spiro atoms. The van der Waals surface area contributed by atoms with Crippen LogP contribution in [0.3, 0.4) is 0 Å². The Morgan fingerprint density at radius 3 is 2.24 bits per heavy atom. The van der Waals surface area contributed by atoms with Gasteiger partial charge in [0.05, 0.1) is 18.7 Å². The van der Waals surface area contributed by atoms with Gasteiger partial charge in [-0.1, -0.05) is 42.5 Å². The Bertz CT molecular complexity index is 1020. The van der Waals surface area contributed by atoms with Crippen LogP contribution in [-0.4, -0.2) is 49.1 Å². The van der Waals surface area contributed by atoms with Crippen molar-refractivity contribution in [3.63, 3.8) is 0 Å². The highest BCUT2D eigenvalue weighted by Gasteiger charge is 2.31. The van der Waals surface area contributed by atoms with Gasteiger partial charge in [-0.3, -0.25) is 9.80 Å². The molecule has 2 aromatic carbocycles. The number of furan rings is 1. The first kappa shape index (κ1) is 23.8. The molecule has 4 nitrogen and oxygen atoms in total. The van der Waals surface area contributed by atoms with E-state index in [1.807, 2.05) is 36.4 Å². The molecule has 0 saturated carbocycles. The fraction of sp³-hybridized carbons (Fsp3) is 0.360. The minimum absolute atomic E-state index is 0.398. The monoisotopic (exact) mass is 478 g/mol. The van der Waals surface area contributed by atoms with E-state index in [0.717, 1.165) is 50.1 Å². The quantitative estimate of drug-likeness (QED) is 0.404. The third-order valence-corrected chi connectivity index (χ3v) is 5.99. The molecule has 0 radical (unpaired) electrons. The zero-order chi connectivity index (χ0) is 23.3. The second-order valence-electron chi connectivity index (χ2n) is 8.11. The fourth-order valence-corrected chi connectivity index (χ4v) is 4.18. The summed E-state index contributed by atoms with van der Waals surface area (Å²) in [5.74, 6) is 0.851. The molecule has 2 heterocycles. The van der Waals surface area contributed by atoms with Gasteiger partial charge in [-0.05, 0) is 47.0 Å². The van der Waals surface area contributed by atoms with E-state index in [1.165, 1.54) is 12.1 Å². The molecule has 1 aromatic heterocycles. The van der Waals surface area contributed by atoms with Gasteiger partial charge < -0.3 is 9.15 Å². The largest absolute Gasteiger partial charge is 0.448 e. The first-order valence-electron chi connectivity index (χ1n) is 10.9. The molecule has 0 amide bonds. The third kappa shape index (κ3) is 6.60. The second-order valence-corrected chi connectivity index (χ2v) is 8.48. The van der Waals surface area contributed by atoms with E-state index in [2.05, 4.69) is 9.80 Å². The maximum atomic E-state index is 13.2. The summed E-state index contributed by atoms with van der Waals surface area (Å²) >= 11 is 5.84. The highest BCUT2D eigenvalue weighted by molar-refractivity contribution is 6.28. The number of hydrogen-bond donors (Lipinski definition) is 0. The zero-order valence-electron chi connectivity index (χ0n) is 18.1. The van der Waals surface area contributed by atoms with Crippen LogP contribution < -0.4 is 0 Å².